The van der Waals surface area contributed by atoms with Crippen molar-refractivity contribution in [2.75, 3.05) is 38.1 Å². The predicted molar refractivity (Wildman–Crippen MR) is 168 cm³/mol. The number of benzene rings is 1. The van der Waals surface area contributed by atoms with Crippen LogP contribution in [-0.4, -0.2) is 92.9 Å². The second-order valence-corrected chi connectivity index (χ2v) is 14.4. The maximum absolute atomic E-state index is 14.2. The molecule has 2 aromatic rings. The van der Waals surface area contributed by atoms with Crippen LogP contribution in [0.5, 0.6) is 5.75 Å². The van der Waals surface area contributed by atoms with Gasteiger partial charge in [0, 0.05) is 44.4 Å². The van der Waals surface area contributed by atoms with Crippen molar-refractivity contribution in [1.29, 1.82) is 0 Å². The second-order valence-electron chi connectivity index (χ2n) is 11.5. The van der Waals surface area contributed by atoms with E-state index in [-0.39, 0.29) is 58.8 Å². The second kappa shape index (κ2) is 15.7. The number of nitrogens with zero attached hydrogens (tertiary/aromatic N) is 2. The lowest BCUT2D eigenvalue weighted by molar-refractivity contribution is -0.0122. The fourth-order valence-electron chi connectivity index (χ4n) is 4.78. The molecule has 0 spiro atoms. The smallest absolute Gasteiger partial charge is 0.317 e. The molecule has 3 rings (SSSR count). The number of nitrogens with one attached hydrogen (secondary N) is 2. The van der Waals surface area contributed by atoms with Crippen LogP contribution in [0.4, 0.5) is 10.5 Å². The molecule has 4 atom stereocenters. The Balaban J connectivity index is 1.97. The first-order chi connectivity index (χ1) is 20.3. The highest BCUT2D eigenvalue weighted by Crippen LogP contribution is 2.30. The fourth-order valence-corrected chi connectivity index (χ4v) is 6.82. The van der Waals surface area contributed by atoms with E-state index in [1.807, 2.05) is 27.7 Å². The lowest BCUT2D eigenvalue weighted by Crippen LogP contribution is -2.49. The molecule has 0 saturated heterocycles. The average Bonchev–Trinajstić information content (AvgIpc) is 3.50. The van der Waals surface area contributed by atoms with Crippen LogP contribution in [0.25, 0.3) is 0 Å². The van der Waals surface area contributed by atoms with Crippen LogP contribution in [-0.2, 0) is 14.8 Å². The summed E-state index contributed by atoms with van der Waals surface area (Å²) in [5, 5.41) is 14.7. The Labute approximate surface area is 259 Å². The summed E-state index contributed by atoms with van der Waals surface area (Å²) in [6, 6.07) is 7.07. The number of aliphatic hydroxyl groups is 1. The van der Waals surface area contributed by atoms with Crippen molar-refractivity contribution in [2.45, 2.75) is 82.4 Å². The van der Waals surface area contributed by atoms with Gasteiger partial charge in [0.2, 0.25) is 0 Å². The molecule has 13 heteroatoms. The van der Waals surface area contributed by atoms with Crippen molar-refractivity contribution < 1.29 is 32.6 Å². The number of anilines is 1. The first kappa shape index (κ1) is 34.6. The van der Waals surface area contributed by atoms with E-state index in [1.165, 1.54) is 12.1 Å². The average molecular weight is 639 g/mol. The first-order valence-corrected chi connectivity index (χ1v) is 17.1. The third kappa shape index (κ3) is 9.82. The predicted octanol–water partition coefficient (Wildman–Crippen LogP) is 4.39. The van der Waals surface area contributed by atoms with Gasteiger partial charge in [0.1, 0.15) is 9.96 Å². The lowest BCUT2D eigenvalue weighted by atomic mass is 10.0. The molecule has 3 amide bonds. The van der Waals surface area contributed by atoms with Gasteiger partial charge in [-0.25, -0.2) is 13.2 Å². The maximum Gasteiger partial charge on any atom is 0.317 e. The number of carbonyl (C=O) groups is 2. The third-order valence-corrected chi connectivity index (χ3v) is 10.1. The van der Waals surface area contributed by atoms with E-state index in [2.05, 4.69) is 10.0 Å². The van der Waals surface area contributed by atoms with Crippen LogP contribution in [0.2, 0.25) is 0 Å². The Morgan fingerprint density at radius 1 is 1.21 bits per heavy atom. The van der Waals surface area contributed by atoms with E-state index in [0.717, 1.165) is 30.6 Å². The quantitative estimate of drug-likeness (QED) is 0.390. The number of aliphatic hydroxyl groups excluding tert-OH is 1. The van der Waals surface area contributed by atoms with Crippen molar-refractivity contribution in [3.8, 4) is 5.75 Å². The monoisotopic (exact) mass is 638 g/mol. The van der Waals surface area contributed by atoms with Gasteiger partial charge in [-0.05, 0) is 76.6 Å². The zero-order valence-electron chi connectivity index (χ0n) is 25.9. The molecule has 0 radical (unpaired) electrons. The molecule has 1 aromatic heterocycles. The third-order valence-electron chi connectivity index (χ3n) is 7.28. The molecule has 0 fully saturated rings. The molecule has 11 nitrogen and oxygen atoms in total. The fraction of sp³-hybridized carbons (Fsp3) is 0.600. The van der Waals surface area contributed by atoms with Crippen LogP contribution in [0, 0.1) is 5.92 Å². The van der Waals surface area contributed by atoms with Gasteiger partial charge in [-0.1, -0.05) is 13.0 Å². The topological polar surface area (TPSA) is 138 Å². The molecular formula is C30H46N4O7S2. The van der Waals surface area contributed by atoms with Gasteiger partial charge in [0.15, 0.2) is 0 Å². The highest BCUT2D eigenvalue weighted by molar-refractivity contribution is 7.94. The minimum Gasteiger partial charge on any atom is -0.490 e. The van der Waals surface area contributed by atoms with Crippen molar-refractivity contribution in [2.24, 2.45) is 5.92 Å². The van der Waals surface area contributed by atoms with Gasteiger partial charge < -0.3 is 29.7 Å². The molecule has 1 aliphatic heterocycles. The summed E-state index contributed by atoms with van der Waals surface area (Å²) in [6.07, 6.45) is 1.76. The van der Waals surface area contributed by atoms with E-state index in [1.54, 1.807) is 47.4 Å². The standard InChI is InChI=1S/C30H46N4O7S2/c1-20(2)31-30(37)33(6)18-27-21(3)17-34(22(4)19-35)29(36)25-16-24(32-43(38,39)28-11-9-15-42-28)12-13-26(25)41-23(5)10-7-8-14-40-27/h9,11-13,15-16,20-23,27,32,35H,7-8,10,14,17-19H2,1-6H3,(H,31,37)/t21-,22-,23-,27+/m0/s1. The Morgan fingerprint density at radius 3 is 2.60 bits per heavy atom. The Bertz CT molecular complexity index is 1300. The van der Waals surface area contributed by atoms with Crippen molar-refractivity contribution in [3.05, 3.63) is 41.3 Å². The van der Waals surface area contributed by atoms with Crippen LogP contribution in [0.15, 0.2) is 39.9 Å². The molecule has 0 saturated carbocycles. The maximum atomic E-state index is 14.2. The summed E-state index contributed by atoms with van der Waals surface area (Å²) in [4.78, 5) is 30.0. The number of likely N-dealkylation sites (N-methyl/N-ethyl adjacent to an activating group) is 1. The normalized spacial score (nSPS) is 21.3. The van der Waals surface area contributed by atoms with Gasteiger partial charge in [0.25, 0.3) is 15.9 Å². The Kier molecular flexibility index (Phi) is 12.7. The number of hydrogen-bond donors (Lipinski definition) is 3. The number of amides is 3. The van der Waals surface area contributed by atoms with Crippen molar-refractivity contribution in [1.82, 2.24) is 15.1 Å². The van der Waals surface area contributed by atoms with Gasteiger partial charge in [-0.2, -0.15) is 0 Å². The summed E-state index contributed by atoms with van der Waals surface area (Å²) in [5.41, 5.74) is 0.412. The molecule has 0 bridgehead atoms. The zero-order valence-corrected chi connectivity index (χ0v) is 27.5. The molecule has 0 aliphatic carbocycles. The zero-order chi connectivity index (χ0) is 31.7. The summed E-state index contributed by atoms with van der Waals surface area (Å²) in [5.74, 6) is -0.275. The summed E-state index contributed by atoms with van der Waals surface area (Å²) >= 11 is 1.10. The number of rotatable bonds is 8. The van der Waals surface area contributed by atoms with Crippen molar-refractivity contribution >= 4 is 39.0 Å². The van der Waals surface area contributed by atoms with E-state index < -0.39 is 22.0 Å². The largest absolute Gasteiger partial charge is 0.490 e. The molecular weight excluding hydrogens is 592 g/mol. The Morgan fingerprint density at radius 2 is 1.95 bits per heavy atom. The highest BCUT2D eigenvalue weighted by Gasteiger charge is 2.31. The van der Waals surface area contributed by atoms with Crippen LogP contribution >= 0.6 is 11.3 Å². The van der Waals surface area contributed by atoms with E-state index in [0.29, 0.717) is 18.9 Å². The van der Waals surface area contributed by atoms with Gasteiger partial charge in [-0.15, -0.1) is 11.3 Å². The minimum absolute atomic E-state index is 0.0141. The molecule has 0 unspecified atom stereocenters. The van der Waals surface area contributed by atoms with Crippen molar-refractivity contribution in [3.63, 3.8) is 0 Å². The molecule has 1 aliphatic rings. The molecule has 1 aromatic carbocycles. The molecule has 3 N–H and O–H groups in total. The van der Waals surface area contributed by atoms with E-state index in [4.69, 9.17) is 9.47 Å². The number of carbonyl (C=O) groups excluding carboxylic acids is 2. The van der Waals surface area contributed by atoms with Gasteiger partial charge in [0.05, 0.1) is 30.4 Å². The number of fused-ring (bicyclic) bond motifs is 1. The van der Waals surface area contributed by atoms with Crippen LogP contribution in [0.1, 0.15) is 64.2 Å². The number of urea groups is 1. The van der Waals surface area contributed by atoms with E-state index in [9.17, 15) is 23.1 Å². The molecule has 2 heterocycles. The minimum atomic E-state index is -3.84. The summed E-state index contributed by atoms with van der Waals surface area (Å²) in [6.45, 7) is 10.2. The van der Waals surface area contributed by atoms with Crippen LogP contribution in [0.3, 0.4) is 0 Å². The molecule has 43 heavy (non-hydrogen) atoms. The number of sulfonamides is 1. The molecule has 240 valence electrons. The first-order valence-electron chi connectivity index (χ1n) is 14.7. The summed E-state index contributed by atoms with van der Waals surface area (Å²) < 4.78 is 41.1. The van der Waals surface area contributed by atoms with E-state index >= 15 is 0 Å². The van der Waals surface area contributed by atoms with Gasteiger partial charge in [-0.3, -0.25) is 9.52 Å². The lowest BCUT2D eigenvalue weighted by Gasteiger charge is -2.36. The van der Waals surface area contributed by atoms with Gasteiger partial charge >= 0.3 is 6.03 Å². The number of hydrogen-bond acceptors (Lipinski definition) is 8. The Hall–Kier alpha value is -2.87. The summed E-state index contributed by atoms with van der Waals surface area (Å²) in [7, 11) is -2.13. The highest BCUT2D eigenvalue weighted by atomic mass is 32.2. The van der Waals surface area contributed by atoms with Crippen LogP contribution < -0.4 is 14.8 Å². The SMILES string of the molecule is CC(C)NC(=O)N(C)C[C@H]1OCCCC[C@H](C)Oc2ccc(NS(=O)(=O)c3cccs3)cc2C(=O)N([C@@H](C)CO)C[C@@H]1C. The number of ether oxygens (including phenoxy) is 2. The number of thiophene rings is 1.